The van der Waals surface area contributed by atoms with Crippen LogP contribution in [0, 0.1) is 5.92 Å². The fraction of sp³-hybridized carbons (Fsp3) is 0.529. The number of amides is 1. The second kappa shape index (κ2) is 11.2. The van der Waals surface area contributed by atoms with Crippen LogP contribution < -0.4 is 10.6 Å². The summed E-state index contributed by atoms with van der Waals surface area (Å²) in [5.41, 5.74) is 0.791. The number of likely N-dealkylation sites (tertiary alicyclic amines) is 1. The summed E-state index contributed by atoms with van der Waals surface area (Å²) in [6, 6.07) is 9.43. The van der Waals surface area contributed by atoms with Gasteiger partial charge in [0.2, 0.25) is 5.91 Å². The molecule has 24 heavy (non-hydrogen) atoms. The molecule has 0 bridgehead atoms. The molecule has 2 N–H and O–H groups in total. The minimum absolute atomic E-state index is 0. The topological polar surface area (TPSA) is 66.0 Å². The van der Waals surface area contributed by atoms with Crippen molar-refractivity contribution in [2.75, 3.05) is 45.2 Å². The molecule has 2 rings (SSSR count). The Bertz CT molecular complexity index is 525. The predicted molar refractivity (Wildman–Crippen MR) is 108 cm³/mol. The Morgan fingerprint density at radius 1 is 1.38 bits per heavy atom. The number of halogens is 1. The van der Waals surface area contributed by atoms with Crippen molar-refractivity contribution in [2.45, 2.75) is 13.3 Å². The van der Waals surface area contributed by atoms with Gasteiger partial charge < -0.3 is 20.3 Å². The highest BCUT2D eigenvalue weighted by Gasteiger charge is 2.24. The van der Waals surface area contributed by atoms with Crippen molar-refractivity contribution < 1.29 is 9.53 Å². The van der Waals surface area contributed by atoms with Crippen molar-refractivity contribution in [2.24, 2.45) is 10.9 Å². The molecule has 7 heteroatoms. The zero-order chi connectivity index (χ0) is 16.5. The Morgan fingerprint density at radius 3 is 2.79 bits per heavy atom. The van der Waals surface area contributed by atoms with Crippen LogP contribution in [0.1, 0.15) is 13.3 Å². The molecule has 0 radical (unpaired) electrons. The second-order valence-electron chi connectivity index (χ2n) is 5.64. The summed E-state index contributed by atoms with van der Waals surface area (Å²) in [5.74, 6) is 1.22. The Hall–Kier alpha value is -1.35. The van der Waals surface area contributed by atoms with E-state index in [2.05, 4.69) is 20.5 Å². The number of benzene rings is 1. The number of carbonyl (C=O) groups excluding carboxylic acids is 1. The molecule has 1 atom stereocenters. The van der Waals surface area contributed by atoms with Gasteiger partial charge in [-0.1, -0.05) is 18.2 Å². The monoisotopic (exact) mass is 446 g/mol. The Kier molecular flexibility index (Phi) is 9.70. The number of hydrogen-bond donors (Lipinski definition) is 2. The van der Waals surface area contributed by atoms with E-state index in [1.165, 1.54) is 0 Å². The second-order valence-corrected chi connectivity index (χ2v) is 5.64. The molecule has 0 saturated carbocycles. The average Bonchev–Trinajstić information content (AvgIpc) is 3.01. The lowest BCUT2D eigenvalue weighted by Gasteiger charge is -2.21. The first-order chi connectivity index (χ1) is 11.2. The molecular formula is C17H27IN4O2. The molecule has 1 amide bonds. The molecule has 0 spiro atoms. The first-order valence-electron chi connectivity index (χ1n) is 8.10. The van der Waals surface area contributed by atoms with Crippen molar-refractivity contribution in [3.63, 3.8) is 0 Å². The minimum Gasteiger partial charge on any atom is -0.384 e. The van der Waals surface area contributed by atoms with Crippen LogP contribution in [0.3, 0.4) is 0 Å². The van der Waals surface area contributed by atoms with Crippen LogP contribution in [0.2, 0.25) is 0 Å². The SMILES string of the molecule is CCNC(=NCC(=O)Nc1ccccc1)N1CCC(COC)C1.I. The van der Waals surface area contributed by atoms with E-state index in [1.807, 2.05) is 37.3 Å². The first-order valence-corrected chi connectivity index (χ1v) is 8.10. The van der Waals surface area contributed by atoms with Crippen molar-refractivity contribution in [1.82, 2.24) is 10.2 Å². The van der Waals surface area contributed by atoms with E-state index < -0.39 is 0 Å². The molecule has 6 nitrogen and oxygen atoms in total. The van der Waals surface area contributed by atoms with Crippen molar-refractivity contribution in [1.29, 1.82) is 0 Å². The van der Waals surface area contributed by atoms with Crippen LogP contribution in [-0.2, 0) is 9.53 Å². The van der Waals surface area contributed by atoms with Crippen molar-refractivity contribution in [3.8, 4) is 0 Å². The minimum atomic E-state index is -0.112. The summed E-state index contributed by atoms with van der Waals surface area (Å²) in [4.78, 5) is 18.7. The zero-order valence-electron chi connectivity index (χ0n) is 14.3. The van der Waals surface area contributed by atoms with Gasteiger partial charge in [0.1, 0.15) is 6.54 Å². The van der Waals surface area contributed by atoms with E-state index in [-0.39, 0.29) is 36.4 Å². The van der Waals surface area contributed by atoms with Crippen molar-refractivity contribution in [3.05, 3.63) is 30.3 Å². The molecule has 0 aromatic heterocycles. The maximum atomic E-state index is 12.0. The Balaban J connectivity index is 0.00000288. The number of aliphatic imine (C=N–C) groups is 1. The highest BCUT2D eigenvalue weighted by Crippen LogP contribution is 2.16. The van der Waals surface area contributed by atoms with E-state index in [0.717, 1.165) is 44.3 Å². The number of methoxy groups -OCH3 is 1. The Labute approximate surface area is 161 Å². The molecule has 1 heterocycles. The van der Waals surface area contributed by atoms with Gasteiger partial charge in [0.15, 0.2) is 5.96 Å². The molecular weight excluding hydrogens is 419 g/mol. The third-order valence-corrected chi connectivity index (χ3v) is 3.75. The molecule has 134 valence electrons. The first kappa shape index (κ1) is 20.7. The van der Waals surface area contributed by atoms with E-state index in [1.54, 1.807) is 7.11 Å². The van der Waals surface area contributed by atoms with Crippen LogP contribution in [-0.4, -0.2) is 56.7 Å². The number of para-hydroxylation sites is 1. The van der Waals surface area contributed by atoms with Crippen LogP contribution in [0.4, 0.5) is 5.69 Å². The summed E-state index contributed by atoms with van der Waals surface area (Å²) in [7, 11) is 1.73. The van der Waals surface area contributed by atoms with Crippen LogP contribution in [0.25, 0.3) is 0 Å². The number of carbonyl (C=O) groups is 1. The third kappa shape index (κ3) is 6.64. The largest absolute Gasteiger partial charge is 0.384 e. The molecule has 1 aliphatic heterocycles. The van der Waals surface area contributed by atoms with Gasteiger partial charge in [0.25, 0.3) is 0 Å². The van der Waals surface area contributed by atoms with Gasteiger partial charge in [-0.15, -0.1) is 24.0 Å². The standard InChI is InChI=1S/C17H26N4O2.HI/c1-3-18-17(21-10-9-14(12-21)13-23-2)19-11-16(22)20-15-7-5-4-6-8-15;/h4-8,14H,3,9-13H2,1-2H3,(H,18,19)(H,20,22);1H. The van der Waals surface area contributed by atoms with E-state index >= 15 is 0 Å². The fourth-order valence-electron chi connectivity index (χ4n) is 2.69. The number of anilines is 1. The van der Waals surface area contributed by atoms with E-state index in [9.17, 15) is 4.79 Å². The number of ether oxygens (including phenoxy) is 1. The lowest BCUT2D eigenvalue weighted by molar-refractivity contribution is -0.114. The van der Waals surface area contributed by atoms with Gasteiger partial charge >= 0.3 is 0 Å². The third-order valence-electron chi connectivity index (χ3n) is 3.75. The lowest BCUT2D eigenvalue weighted by atomic mass is 10.1. The normalized spacial score (nSPS) is 17.3. The number of guanidine groups is 1. The maximum absolute atomic E-state index is 12.0. The van der Waals surface area contributed by atoms with Gasteiger partial charge in [0, 0.05) is 38.3 Å². The fourth-order valence-corrected chi connectivity index (χ4v) is 2.69. The highest BCUT2D eigenvalue weighted by molar-refractivity contribution is 14.0. The summed E-state index contributed by atoms with van der Waals surface area (Å²) in [6.45, 7) is 5.56. The maximum Gasteiger partial charge on any atom is 0.246 e. The van der Waals surface area contributed by atoms with Gasteiger partial charge in [-0.05, 0) is 25.5 Å². The van der Waals surface area contributed by atoms with Crippen LogP contribution in [0.5, 0.6) is 0 Å². The number of hydrogen-bond acceptors (Lipinski definition) is 3. The number of nitrogens with zero attached hydrogens (tertiary/aromatic N) is 2. The smallest absolute Gasteiger partial charge is 0.246 e. The zero-order valence-corrected chi connectivity index (χ0v) is 16.7. The summed E-state index contributed by atoms with van der Waals surface area (Å²) in [6.07, 6.45) is 1.09. The summed E-state index contributed by atoms with van der Waals surface area (Å²) in [5, 5.41) is 6.11. The van der Waals surface area contributed by atoms with Crippen LogP contribution in [0.15, 0.2) is 35.3 Å². The molecule has 1 unspecified atom stereocenters. The molecule has 1 aromatic carbocycles. The van der Waals surface area contributed by atoms with Gasteiger partial charge in [-0.2, -0.15) is 0 Å². The molecule has 1 aliphatic rings. The predicted octanol–water partition coefficient (Wildman–Crippen LogP) is 2.18. The van der Waals surface area contributed by atoms with Crippen molar-refractivity contribution >= 4 is 41.5 Å². The molecule has 0 aliphatic carbocycles. The highest BCUT2D eigenvalue weighted by atomic mass is 127. The lowest BCUT2D eigenvalue weighted by Crippen LogP contribution is -2.40. The molecule has 1 aromatic rings. The summed E-state index contributed by atoms with van der Waals surface area (Å²) >= 11 is 0. The average molecular weight is 446 g/mol. The molecule has 1 saturated heterocycles. The van der Waals surface area contributed by atoms with E-state index in [4.69, 9.17) is 4.74 Å². The number of rotatable bonds is 6. The van der Waals surface area contributed by atoms with Gasteiger partial charge in [0.05, 0.1) is 6.61 Å². The van der Waals surface area contributed by atoms with E-state index in [0.29, 0.717) is 5.92 Å². The molecule has 1 fully saturated rings. The van der Waals surface area contributed by atoms with Gasteiger partial charge in [-0.3, -0.25) is 4.79 Å². The quantitative estimate of drug-likeness (QED) is 0.400. The summed E-state index contributed by atoms with van der Waals surface area (Å²) < 4.78 is 5.23. The number of nitrogens with one attached hydrogen (secondary N) is 2. The van der Waals surface area contributed by atoms with Gasteiger partial charge in [-0.25, -0.2) is 4.99 Å². The van der Waals surface area contributed by atoms with Crippen LogP contribution >= 0.6 is 24.0 Å². The Morgan fingerprint density at radius 2 is 2.12 bits per heavy atom.